The molecule has 0 aliphatic rings. The van der Waals surface area contributed by atoms with Crippen molar-refractivity contribution in [2.24, 2.45) is 0 Å². The first-order valence-electron chi connectivity index (χ1n) is 9.95. The van der Waals surface area contributed by atoms with Gasteiger partial charge in [0.05, 0.1) is 6.42 Å². The van der Waals surface area contributed by atoms with Crippen LogP contribution in [-0.4, -0.2) is 21.2 Å². The van der Waals surface area contributed by atoms with Crippen molar-refractivity contribution < 1.29 is 13.6 Å². The number of allylic oxidation sites excluding steroid dienone is 2. The standard InChI is InChI=1S/C24H31FO2Si/c1-24(2,3)28(22-14-8-4-9-15-22,23-16-10-5-11-17-23)27-20-12-6-7-13-21(25)18-19-26/h4-5,8-11,13-17,19H,6-7,12,18,20H2,1-3H3. The van der Waals surface area contributed by atoms with E-state index >= 15 is 0 Å². The summed E-state index contributed by atoms with van der Waals surface area (Å²) in [5, 5.41) is 2.50. The van der Waals surface area contributed by atoms with Crippen LogP contribution in [0.2, 0.25) is 5.04 Å². The second kappa shape index (κ2) is 10.5. The van der Waals surface area contributed by atoms with E-state index in [0.717, 1.165) is 12.8 Å². The molecule has 0 saturated carbocycles. The summed E-state index contributed by atoms with van der Waals surface area (Å²) in [5.74, 6) is -0.345. The maximum Gasteiger partial charge on any atom is 0.261 e. The number of rotatable bonds is 10. The molecule has 0 saturated heterocycles. The van der Waals surface area contributed by atoms with Crippen LogP contribution in [0.4, 0.5) is 4.39 Å². The van der Waals surface area contributed by atoms with Gasteiger partial charge < -0.3 is 9.22 Å². The summed E-state index contributed by atoms with van der Waals surface area (Å²) in [7, 11) is -2.48. The molecular formula is C24H31FO2Si. The van der Waals surface area contributed by atoms with Gasteiger partial charge in [0.1, 0.15) is 12.1 Å². The van der Waals surface area contributed by atoms with Gasteiger partial charge in [-0.05, 0) is 34.7 Å². The van der Waals surface area contributed by atoms with Gasteiger partial charge >= 0.3 is 0 Å². The molecule has 0 amide bonds. The van der Waals surface area contributed by atoms with Gasteiger partial charge in [-0.25, -0.2) is 4.39 Å². The number of halogens is 1. The molecule has 0 spiro atoms. The Hall–Kier alpha value is -2.04. The molecule has 0 aliphatic heterocycles. The molecule has 150 valence electrons. The molecule has 4 heteroatoms. The zero-order valence-electron chi connectivity index (χ0n) is 17.2. The van der Waals surface area contributed by atoms with Crippen molar-refractivity contribution in [2.45, 2.75) is 51.5 Å². The lowest BCUT2D eigenvalue weighted by Gasteiger charge is -2.43. The van der Waals surface area contributed by atoms with Crippen molar-refractivity contribution in [2.75, 3.05) is 6.61 Å². The van der Waals surface area contributed by atoms with Crippen molar-refractivity contribution in [1.29, 1.82) is 0 Å². The number of hydrogen-bond acceptors (Lipinski definition) is 2. The zero-order chi connectivity index (χ0) is 20.5. The van der Waals surface area contributed by atoms with Crippen LogP contribution in [-0.2, 0) is 9.22 Å². The molecule has 28 heavy (non-hydrogen) atoms. The number of aldehydes is 1. The highest BCUT2D eigenvalue weighted by Gasteiger charge is 2.49. The van der Waals surface area contributed by atoms with E-state index in [2.05, 4.69) is 69.3 Å². The van der Waals surface area contributed by atoms with E-state index in [1.807, 2.05) is 12.1 Å². The lowest BCUT2D eigenvalue weighted by molar-refractivity contribution is -0.107. The van der Waals surface area contributed by atoms with E-state index in [1.165, 1.54) is 16.4 Å². The Morgan fingerprint density at radius 1 is 0.964 bits per heavy atom. The summed E-state index contributed by atoms with van der Waals surface area (Å²) in [6.45, 7) is 7.42. The fourth-order valence-electron chi connectivity index (χ4n) is 3.65. The van der Waals surface area contributed by atoms with E-state index in [1.54, 1.807) is 0 Å². The normalized spacial score (nSPS) is 12.8. The number of benzene rings is 2. The Balaban J connectivity index is 2.20. The number of carbonyl (C=O) groups excluding carboxylic acids is 1. The van der Waals surface area contributed by atoms with Gasteiger partial charge in [-0.15, -0.1) is 0 Å². The minimum atomic E-state index is -2.48. The van der Waals surface area contributed by atoms with Crippen LogP contribution in [0.5, 0.6) is 0 Å². The van der Waals surface area contributed by atoms with Gasteiger partial charge in [-0.1, -0.05) is 87.5 Å². The molecule has 2 aromatic carbocycles. The largest absolute Gasteiger partial charge is 0.407 e. The van der Waals surface area contributed by atoms with E-state index in [0.29, 0.717) is 19.3 Å². The predicted molar refractivity (Wildman–Crippen MR) is 117 cm³/mol. The average Bonchev–Trinajstić information content (AvgIpc) is 2.68. The highest BCUT2D eigenvalue weighted by Crippen LogP contribution is 2.36. The fraction of sp³-hybridized carbons (Fsp3) is 0.375. The van der Waals surface area contributed by atoms with E-state index < -0.39 is 8.32 Å². The first kappa shape index (κ1) is 22.2. The van der Waals surface area contributed by atoms with Crippen LogP contribution >= 0.6 is 0 Å². The second-order valence-electron chi connectivity index (χ2n) is 8.03. The van der Waals surface area contributed by atoms with Crippen LogP contribution in [0, 0.1) is 0 Å². The number of carbonyl (C=O) groups is 1. The maximum absolute atomic E-state index is 13.3. The highest BCUT2D eigenvalue weighted by molar-refractivity contribution is 6.99. The third kappa shape index (κ3) is 5.49. The zero-order valence-corrected chi connectivity index (χ0v) is 18.2. The van der Waals surface area contributed by atoms with Crippen LogP contribution in [0.1, 0.15) is 46.5 Å². The fourth-order valence-corrected chi connectivity index (χ4v) is 8.26. The van der Waals surface area contributed by atoms with Crippen LogP contribution < -0.4 is 10.4 Å². The summed E-state index contributed by atoms with van der Waals surface area (Å²) in [5.41, 5.74) is 0. The summed E-state index contributed by atoms with van der Waals surface area (Å²) >= 11 is 0. The van der Waals surface area contributed by atoms with Crippen LogP contribution in [0.15, 0.2) is 72.6 Å². The van der Waals surface area contributed by atoms with E-state index in [9.17, 15) is 9.18 Å². The minimum Gasteiger partial charge on any atom is -0.407 e. The molecule has 2 aromatic rings. The van der Waals surface area contributed by atoms with Crippen molar-refractivity contribution in [3.05, 3.63) is 72.6 Å². The topological polar surface area (TPSA) is 26.3 Å². The van der Waals surface area contributed by atoms with Gasteiger partial charge in [-0.3, -0.25) is 0 Å². The van der Waals surface area contributed by atoms with Gasteiger partial charge in [0, 0.05) is 6.61 Å². The molecule has 0 aliphatic carbocycles. The summed E-state index contributed by atoms with van der Waals surface area (Å²) in [6, 6.07) is 21.1. The van der Waals surface area contributed by atoms with Gasteiger partial charge in [0.2, 0.25) is 0 Å². The molecule has 0 aromatic heterocycles. The highest BCUT2D eigenvalue weighted by atomic mass is 28.4. The SMILES string of the molecule is CC(C)(C)[Si](OCCCCC=C(F)CC=O)(c1ccccc1)c1ccccc1. The first-order valence-corrected chi connectivity index (χ1v) is 11.9. The summed E-state index contributed by atoms with van der Waals surface area (Å²) in [6.07, 6.45) is 4.30. The van der Waals surface area contributed by atoms with Crippen molar-refractivity contribution in [3.63, 3.8) is 0 Å². The number of hydrogen-bond donors (Lipinski definition) is 0. The van der Waals surface area contributed by atoms with Crippen LogP contribution in [0.25, 0.3) is 0 Å². The second-order valence-corrected chi connectivity index (χ2v) is 12.3. The maximum atomic E-state index is 13.3. The molecule has 0 unspecified atom stereocenters. The van der Waals surface area contributed by atoms with Gasteiger partial charge in [-0.2, -0.15) is 0 Å². The Morgan fingerprint density at radius 2 is 1.50 bits per heavy atom. The van der Waals surface area contributed by atoms with Crippen molar-refractivity contribution in [3.8, 4) is 0 Å². The Morgan fingerprint density at radius 3 is 1.96 bits per heavy atom. The molecule has 2 nitrogen and oxygen atoms in total. The lowest BCUT2D eigenvalue weighted by atomic mass is 10.2. The summed E-state index contributed by atoms with van der Waals surface area (Å²) in [4.78, 5) is 10.3. The number of unbranched alkanes of at least 4 members (excludes halogenated alkanes) is 2. The molecular weight excluding hydrogens is 367 g/mol. The smallest absolute Gasteiger partial charge is 0.261 e. The summed E-state index contributed by atoms with van der Waals surface area (Å²) < 4.78 is 20.1. The molecule has 0 radical (unpaired) electrons. The molecule has 0 bridgehead atoms. The Labute approximate surface area is 169 Å². The predicted octanol–water partition coefficient (Wildman–Crippen LogP) is 5.18. The Kier molecular flexibility index (Phi) is 8.33. The molecule has 0 atom stereocenters. The minimum absolute atomic E-state index is 0.0360. The molecule has 0 N–H and O–H groups in total. The monoisotopic (exact) mass is 398 g/mol. The first-order chi connectivity index (χ1) is 13.4. The molecule has 2 rings (SSSR count). The van der Waals surface area contributed by atoms with Gasteiger partial charge in [0.15, 0.2) is 0 Å². The van der Waals surface area contributed by atoms with Crippen molar-refractivity contribution in [1.82, 2.24) is 0 Å². The van der Waals surface area contributed by atoms with Crippen molar-refractivity contribution >= 4 is 25.0 Å². The van der Waals surface area contributed by atoms with E-state index in [4.69, 9.17) is 4.43 Å². The molecule has 0 heterocycles. The van der Waals surface area contributed by atoms with Gasteiger partial charge in [0.25, 0.3) is 8.32 Å². The average molecular weight is 399 g/mol. The lowest BCUT2D eigenvalue weighted by Crippen LogP contribution is -2.66. The molecule has 0 fully saturated rings. The van der Waals surface area contributed by atoms with Crippen LogP contribution in [0.3, 0.4) is 0 Å². The Bertz CT molecular complexity index is 712. The van der Waals surface area contributed by atoms with E-state index in [-0.39, 0.29) is 17.3 Å². The third-order valence-corrected chi connectivity index (χ3v) is 10.0. The quantitative estimate of drug-likeness (QED) is 0.313. The third-order valence-electron chi connectivity index (χ3n) is 4.98.